The van der Waals surface area contributed by atoms with E-state index >= 15 is 0 Å². The van der Waals surface area contributed by atoms with E-state index in [-0.39, 0.29) is 11.6 Å². The first kappa shape index (κ1) is 9.00. The number of fused-ring (bicyclic) bond motifs is 1. The zero-order valence-electron chi connectivity index (χ0n) is 8.54. The Hall–Kier alpha value is -0.570. The average molecular weight is 183 g/mol. The van der Waals surface area contributed by atoms with Crippen molar-refractivity contribution in [2.45, 2.75) is 45.4 Å². The molecular weight excluding hydrogens is 166 g/mol. The van der Waals surface area contributed by atoms with Crippen molar-refractivity contribution in [3.8, 4) is 0 Å². The van der Waals surface area contributed by atoms with E-state index in [9.17, 15) is 4.79 Å². The third kappa shape index (κ3) is 1.17. The van der Waals surface area contributed by atoms with Crippen LogP contribution in [0.15, 0.2) is 0 Å². The third-order valence-corrected chi connectivity index (χ3v) is 3.29. The average Bonchev–Trinajstić information content (AvgIpc) is 2.53. The summed E-state index contributed by atoms with van der Waals surface area (Å²) >= 11 is 0. The highest BCUT2D eigenvalue weighted by Crippen LogP contribution is 2.39. The number of carbonyl (C=O) groups excluding carboxylic acids is 1. The van der Waals surface area contributed by atoms with Gasteiger partial charge in [-0.2, -0.15) is 0 Å². The van der Waals surface area contributed by atoms with Gasteiger partial charge in [-0.15, -0.1) is 0 Å². The van der Waals surface area contributed by atoms with Crippen molar-refractivity contribution in [2.75, 3.05) is 6.61 Å². The van der Waals surface area contributed by atoms with Crippen molar-refractivity contribution in [1.29, 1.82) is 0 Å². The molecule has 3 heteroatoms. The molecule has 0 N–H and O–H groups in total. The molecule has 0 aromatic carbocycles. The number of amides is 1. The molecular formula is C10H17NO2. The summed E-state index contributed by atoms with van der Waals surface area (Å²) in [4.78, 5) is 13.6. The lowest BCUT2D eigenvalue weighted by Gasteiger charge is -2.29. The number of hydrogen-bond donors (Lipinski definition) is 0. The van der Waals surface area contributed by atoms with E-state index in [4.69, 9.17) is 4.74 Å². The quantitative estimate of drug-likeness (QED) is 0.614. The van der Waals surface area contributed by atoms with Gasteiger partial charge in [0.15, 0.2) is 0 Å². The van der Waals surface area contributed by atoms with E-state index in [1.54, 1.807) is 0 Å². The molecule has 2 aliphatic heterocycles. The van der Waals surface area contributed by atoms with E-state index in [1.807, 2.05) is 18.7 Å². The molecule has 13 heavy (non-hydrogen) atoms. The highest BCUT2D eigenvalue weighted by molar-refractivity contribution is 5.80. The van der Waals surface area contributed by atoms with Crippen LogP contribution in [0.4, 0.5) is 0 Å². The van der Waals surface area contributed by atoms with Crippen LogP contribution >= 0.6 is 0 Å². The van der Waals surface area contributed by atoms with Gasteiger partial charge in [0.2, 0.25) is 5.91 Å². The number of rotatable bonds is 1. The van der Waals surface area contributed by atoms with Gasteiger partial charge in [-0.1, -0.05) is 13.3 Å². The van der Waals surface area contributed by atoms with Gasteiger partial charge in [-0.25, -0.2) is 0 Å². The van der Waals surface area contributed by atoms with Crippen molar-refractivity contribution in [1.82, 2.24) is 4.90 Å². The second kappa shape index (κ2) is 2.71. The van der Waals surface area contributed by atoms with Crippen LogP contribution in [0.25, 0.3) is 0 Å². The van der Waals surface area contributed by atoms with Crippen molar-refractivity contribution in [3.05, 3.63) is 0 Å². The molecule has 2 rings (SSSR count). The number of hydrogen-bond acceptors (Lipinski definition) is 2. The van der Waals surface area contributed by atoms with Crippen molar-refractivity contribution in [2.24, 2.45) is 5.92 Å². The minimum atomic E-state index is -0.369. The molecule has 2 saturated heterocycles. The summed E-state index contributed by atoms with van der Waals surface area (Å²) in [7, 11) is 0. The van der Waals surface area contributed by atoms with Crippen LogP contribution in [-0.2, 0) is 9.53 Å². The third-order valence-electron chi connectivity index (χ3n) is 3.29. The fourth-order valence-corrected chi connectivity index (χ4v) is 2.54. The van der Waals surface area contributed by atoms with Gasteiger partial charge in [0, 0.05) is 6.42 Å². The Labute approximate surface area is 79.0 Å². The smallest absolute Gasteiger partial charge is 0.225 e. The molecule has 0 aromatic rings. The first-order valence-corrected chi connectivity index (χ1v) is 5.02. The molecule has 1 unspecified atom stereocenters. The van der Waals surface area contributed by atoms with Gasteiger partial charge in [0.25, 0.3) is 0 Å². The Balaban J connectivity index is 2.24. The van der Waals surface area contributed by atoms with Crippen LogP contribution in [0, 0.1) is 5.92 Å². The number of ether oxygens (including phenoxy) is 1. The van der Waals surface area contributed by atoms with E-state index in [0.717, 1.165) is 13.0 Å². The zero-order chi connectivity index (χ0) is 9.64. The van der Waals surface area contributed by atoms with Gasteiger partial charge in [-0.05, 0) is 19.8 Å². The van der Waals surface area contributed by atoms with Crippen molar-refractivity contribution < 1.29 is 9.53 Å². The van der Waals surface area contributed by atoms with Crippen molar-refractivity contribution >= 4 is 5.91 Å². The normalized spacial score (nSPS) is 36.8. The van der Waals surface area contributed by atoms with E-state index in [2.05, 4.69) is 6.92 Å². The van der Waals surface area contributed by atoms with Crippen molar-refractivity contribution in [3.63, 3.8) is 0 Å². The van der Waals surface area contributed by atoms with E-state index < -0.39 is 0 Å². The molecule has 0 bridgehead atoms. The summed E-state index contributed by atoms with van der Waals surface area (Å²) in [6.45, 7) is 6.82. The molecule has 0 radical (unpaired) electrons. The first-order chi connectivity index (χ1) is 6.06. The van der Waals surface area contributed by atoms with Crippen LogP contribution in [-0.4, -0.2) is 29.2 Å². The maximum Gasteiger partial charge on any atom is 0.225 e. The summed E-state index contributed by atoms with van der Waals surface area (Å²) in [5, 5.41) is 0. The van der Waals surface area contributed by atoms with E-state index in [0.29, 0.717) is 18.4 Å². The Morgan fingerprint density at radius 2 is 2.31 bits per heavy atom. The monoisotopic (exact) mass is 183 g/mol. The molecule has 0 saturated carbocycles. The van der Waals surface area contributed by atoms with Crippen LogP contribution in [0.1, 0.15) is 33.6 Å². The molecule has 2 fully saturated rings. The maximum atomic E-state index is 11.7. The highest BCUT2D eigenvalue weighted by atomic mass is 16.5. The summed E-state index contributed by atoms with van der Waals surface area (Å²) < 4.78 is 5.61. The molecule has 0 spiro atoms. The Morgan fingerprint density at radius 3 is 2.92 bits per heavy atom. The fourth-order valence-electron chi connectivity index (χ4n) is 2.54. The highest BCUT2D eigenvalue weighted by Gasteiger charge is 2.51. The lowest BCUT2D eigenvalue weighted by Crippen LogP contribution is -2.43. The molecule has 2 atom stereocenters. The summed E-state index contributed by atoms with van der Waals surface area (Å²) in [5.41, 5.74) is -0.369. The molecule has 2 heterocycles. The number of carbonyl (C=O) groups is 1. The molecule has 3 nitrogen and oxygen atoms in total. The van der Waals surface area contributed by atoms with Gasteiger partial charge in [-0.3, -0.25) is 4.79 Å². The Bertz CT molecular complexity index is 237. The SMILES string of the molecule is CC[C@@H]1CC(=O)N2C1COC2(C)C. The molecule has 2 aliphatic rings. The topological polar surface area (TPSA) is 29.5 Å². The predicted octanol–water partition coefficient (Wildman–Crippen LogP) is 1.38. The molecule has 74 valence electrons. The lowest BCUT2D eigenvalue weighted by atomic mass is 9.98. The Kier molecular flexibility index (Phi) is 1.88. The first-order valence-electron chi connectivity index (χ1n) is 5.02. The lowest BCUT2D eigenvalue weighted by molar-refractivity contribution is -0.141. The summed E-state index contributed by atoms with van der Waals surface area (Å²) in [6, 6.07) is 0.340. The van der Waals surface area contributed by atoms with Crippen LogP contribution in [0.5, 0.6) is 0 Å². The van der Waals surface area contributed by atoms with E-state index in [1.165, 1.54) is 0 Å². The maximum absolute atomic E-state index is 11.7. The number of nitrogens with zero attached hydrogens (tertiary/aromatic N) is 1. The Morgan fingerprint density at radius 1 is 1.62 bits per heavy atom. The standard InChI is InChI=1S/C10H17NO2/c1-4-7-5-9(12)11-8(7)6-13-10(11,2)3/h7-8H,4-6H2,1-3H3/t7-,8?/m1/s1. The summed E-state index contributed by atoms with van der Waals surface area (Å²) in [6.07, 6.45) is 1.79. The van der Waals surface area contributed by atoms with Gasteiger partial charge >= 0.3 is 0 Å². The second-order valence-corrected chi connectivity index (χ2v) is 4.46. The summed E-state index contributed by atoms with van der Waals surface area (Å²) in [5.74, 6) is 0.772. The van der Waals surface area contributed by atoms with Gasteiger partial charge < -0.3 is 9.64 Å². The van der Waals surface area contributed by atoms with Gasteiger partial charge in [0.05, 0.1) is 12.6 Å². The van der Waals surface area contributed by atoms with Crippen LogP contribution in [0.2, 0.25) is 0 Å². The largest absolute Gasteiger partial charge is 0.354 e. The van der Waals surface area contributed by atoms with Gasteiger partial charge in [0.1, 0.15) is 5.72 Å². The predicted molar refractivity (Wildman–Crippen MR) is 49.1 cm³/mol. The molecule has 0 aromatic heterocycles. The fraction of sp³-hybridized carbons (Fsp3) is 0.900. The van der Waals surface area contributed by atoms with Crippen LogP contribution in [0.3, 0.4) is 0 Å². The minimum absolute atomic E-state index is 0.263. The minimum Gasteiger partial charge on any atom is -0.354 e. The molecule has 0 aliphatic carbocycles. The molecule has 1 amide bonds. The second-order valence-electron chi connectivity index (χ2n) is 4.46. The van der Waals surface area contributed by atoms with Crippen LogP contribution < -0.4 is 0 Å². The zero-order valence-corrected chi connectivity index (χ0v) is 8.54.